The van der Waals surface area contributed by atoms with Crippen LogP contribution in [-0.2, 0) is 22.6 Å². The van der Waals surface area contributed by atoms with Gasteiger partial charge >= 0.3 is 0 Å². The maximum Gasteiger partial charge on any atom is 0.249 e. The Balaban J connectivity index is 1.36. The van der Waals surface area contributed by atoms with Crippen LogP contribution in [0.15, 0.2) is 18.2 Å². The number of carbonyl (C=O) groups excluding carboxylic acids is 2. The monoisotopic (exact) mass is 349 g/mol. The van der Waals surface area contributed by atoms with Crippen LogP contribution in [0, 0.1) is 10.8 Å². The van der Waals surface area contributed by atoms with Gasteiger partial charge in [0.05, 0.1) is 11.8 Å². The molecule has 134 valence electrons. The van der Waals surface area contributed by atoms with Gasteiger partial charge < -0.3 is 16.4 Å². The van der Waals surface area contributed by atoms with Crippen LogP contribution < -0.4 is 16.4 Å². The van der Waals surface area contributed by atoms with Crippen molar-refractivity contribution < 1.29 is 18.4 Å². The molecule has 3 aliphatic rings. The molecule has 0 saturated heterocycles. The Bertz CT molecular complexity index is 747. The van der Waals surface area contributed by atoms with E-state index >= 15 is 0 Å². The third-order valence-corrected chi connectivity index (χ3v) is 5.81. The van der Waals surface area contributed by atoms with Gasteiger partial charge in [-0.3, -0.25) is 9.59 Å². The fraction of sp³-hybridized carbons (Fsp3) is 0.556. The van der Waals surface area contributed by atoms with E-state index in [9.17, 15) is 18.4 Å². The summed E-state index contributed by atoms with van der Waals surface area (Å²) in [4.78, 5) is 24.0. The molecule has 0 unspecified atom stereocenters. The number of amides is 2. The highest BCUT2D eigenvalue weighted by Gasteiger charge is 2.68. The van der Waals surface area contributed by atoms with Crippen molar-refractivity contribution in [1.82, 2.24) is 5.32 Å². The Morgan fingerprint density at radius 2 is 1.96 bits per heavy atom. The van der Waals surface area contributed by atoms with Crippen LogP contribution in [0.3, 0.4) is 0 Å². The highest BCUT2D eigenvalue weighted by molar-refractivity contribution is 5.99. The number of nitrogens with two attached hydrogens (primary N) is 1. The van der Waals surface area contributed by atoms with Crippen molar-refractivity contribution in [1.29, 1.82) is 0 Å². The average Bonchev–Trinajstić information content (AvgIpc) is 2.86. The maximum absolute atomic E-state index is 13.2. The Labute approximate surface area is 144 Å². The van der Waals surface area contributed by atoms with Crippen molar-refractivity contribution in [2.75, 3.05) is 11.9 Å². The van der Waals surface area contributed by atoms with Gasteiger partial charge in [-0.25, -0.2) is 8.78 Å². The largest absolute Gasteiger partial charge is 0.352 e. The van der Waals surface area contributed by atoms with Crippen molar-refractivity contribution in [2.24, 2.45) is 16.6 Å². The molecular weight excluding hydrogens is 328 g/mol. The summed E-state index contributed by atoms with van der Waals surface area (Å²) in [5, 5.41) is 5.66. The number of hydrogen-bond donors (Lipinski definition) is 3. The first-order valence-corrected chi connectivity index (χ1v) is 8.53. The number of anilines is 1. The molecule has 2 saturated carbocycles. The molecule has 1 aromatic carbocycles. The number of alkyl halides is 2. The summed E-state index contributed by atoms with van der Waals surface area (Å²) in [5.41, 5.74) is 7.33. The quantitative estimate of drug-likeness (QED) is 0.777. The van der Waals surface area contributed by atoms with E-state index < -0.39 is 11.3 Å². The van der Waals surface area contributed by atoms with Crippen LogP contribution in [-0.4, -0.2) is 24.3 Å². The number of carbonyl (C=O) groups is 2. The van der Waals surface area contributed by atoms with Crippen molar-refractivity contribution in [2.45, 2.75) is 44.6 Å². The van der Waals surface area contributed by atoms with E-state index in [0.717, 1.165) is 16.8 Å². The molecular formula is C18H21F2N3O2. The lowest BCUT2D eigenvalue weighted by atomic mass is 9.44. The van der Waals surface area contributed by atoms with Gasteiger partial charge in [0.1, 0.15) is 0 Å². The molecule has 5 nitrogen and oxygen atoms in total. The van der Waals surface area contributed by atoms with Gasteiger partial charge in [0, 0.05) is 31.6 Å². The second kappa shape index (κ2) is 5.24. The Morgan fingerprint density at radius 1 is 1.24 bits per heavy atom. The third-order valence-electron chi connectivity index (χ3n) is 5.81. The summed E-state index contributed by atoms with van der Waals surface area (Å²) in [7, 11) is 0. The molecule has 0 aromatic heterocycles. The Hall–Kier alpha value is -2.02. The summed E-state index contributed by atoms with van der Waals surface area (Å²) in [6.07, 6.45) is 0.990. The lowest BCUT2D eigenvalue weighted by Crippen LogP contribution is -2.64. The molecule has 2 aliphatic carbocycles. The summed E-state index contributed by atoms with van der Waals surface area (Å²) >= 11 is 0. The van der Waals surface area contributed by atoms with Crippen LogP contribution in [0.4, 0.5) is 14.5 Å². The molecule has 0 bridgehead atoms. The third kappa shape index (κ3) is 2.70. The maximum atomic E-state index is 13.2. The topological polar surface area (TPSA) is 84.2 Å². The fourth-order valence-electron chi connectivity index (χ4n) is 4.84. The molecule has 1 aliphatic heterocycles. The number of halogens is 2. The van der Waals surface area contributed by atoms with Gasteiger partial charge in [-0.15, -0.1) is 0 Å². The zero-order chi connectivity index (χ0) is 17.9. The van der Waals surface area contributed by atoms with E-state index in [4.69, 9.17) is 5.73 Å². The first-order chi connectivity index (χ1) is 11.7. The summed E-state index contributed by atoms with van der Waals surface area (Å²) in [6, 6.07) is 5.58. The highest BCUT2D eigenvalue weighted by Crippen LogP contribution is 2.68. The van der Waals surface area contributed by atoms with Crippen molar-refractivity contribution >= 4 is 17.5 Å². The molecule has 2 fully saturated rings. The molecule has 0 radical (unpaired) electrons. The van der Waals surface area contributed by atoms with E-state index in [0.29, 0.717) is 25.8 Å². The minimum absolute atomic E-state index is 0.0321. The minimum atomic E-state index is -2.58. The number of nitrogens with one attached hydrogen (secondary N) is 2. The SMILES string of the molecule is NCC1(C(=O)NCc2ccc3c(c2)CC(=O)N3)CC2(CC(F)(F)C2)C1. The van der Waals surface area contributed by atoms with Crippen LogP contribution >= 0.6 is 0 Å². The lowest BCUT2D eigenvalue weighted by molar-refractivity contribution is -0.228. The predicted octanol–water partition coefficient (Wildman–Crippen LogP) is 1.95. The highest BCUT2D eigenvalue weighted by atomic mass is 19.3. The van der Waals surface area contributed by atoms with Crippen molar-refractivity contribution in [3.05, 3.63) is 29.3 Å². The Kier molecular flexibility index (Phi) is 3.45. The summed E-state index contributed by atoms with van der Waals surface area (Å²) in [5.74, 6) is -2.77. The number of fused-ring (bicyclic) bond motifs is 1. The second-order valence-corrected chi connectivity index (χ2v) is 7.95. The van der Waals surface area contributed by atoms with Crippen LogP contribution in [0.1, 0.15) is 36.8 Å². The molecule has 4 rings (SSSR count). The normalized spacial score (nSPS) is 24.0. The van der Waals surface area contributed by atoms with Gasteiger partial charge in [-0.05, 0) is 35.4 Å². The van der Waals surface area contributed by atoms with Crippen LogP contribution in [0.5, 0.6) is 0 Å². The smallest absolute Gasteiger partial charge is 0.249 e. The molecule has 1 spiro atoms. The van der Waals surface area contributed by atoms with Gasteiger partial charge in [0.2, 0.25) is 17.7 Å². The first-order valence-electron chi connectivity index (χ1n) is 8.53. The van der Waals surface area contributed by atoms with E-state index in [-0.39, 0.29) is 36.6 Å². The Morgan fingerprint density at radius 3 is 2.60 bits per heavy atom. The molecule has 7 heteroatoms. The molecule has 25 heavy (non-hydrogen) atoms. The standard InChI is InChI=1S/C18H21F2N3O2/c19-18(20)8-16(9-18)6-17(7-16,10-21)15(25)22-5-11-1-2-13-12(3-11)4-14(24)23-13/h1-3H,4-10,21H2,(H,22,25)(H,23,24). The minimum Gasteiger partial charge on any atom is -0.352 e. The van der Waals surface area contributed by atoms with Crippen molar-refractivity contribution in [3.8, 4) is 0 Å². The zero-order valence-electron chi connectivity index (χ0n) is 13.8. The molecule has 4 N–H and O–H groups in total. The number of rotatable bonds is 4. The van der Waals surface area contributed by atoms with E-state index in [1.165, 1.54) is 0 Å². The van der Waals surface area contributed by atoms with E-state index in [1.807, 2.05) is 18.2 Å². The zero-order valence-corrected chi connectivity index (χ0v) is 13.8. The van der Waals surface area contributed by atoms with Gasteiger partial charge in [0.25, 0.3) is 0 Å². The average molecular weight is 349 g/mol. The van der Waals surface area contributed by atoms with Crippen LogP contribution in [0.25, 0.3) is 0 Å². The molecule has 1 aromatic rings. The van der Waals surface area contributed by atoms with E-state index in [2.05, 4.69) is 10.6 Å². The van der Waals surface area contributed by atoms with Gasteiger partial charge in [0.15, 0.2) is 0 Å². The second-order valence-electron chi connectivity index (χ2n) is 7.95. The molecule has 1 heterocycles. The molecule has 2 amide bonds. The van der Waals surface area contributed by atoms with Gasteiger partial charge in [-0.2, -0.15) is 0 Å². The van der Waals surface area contributed by atoms with Crippen molar-refractivity contribution in [3.63, 3.8) is 0 Å². The number of hydrogen-bond acceptors (Lipinski definition) is 3. The fourth-order valence-corrected chi connectivity index (χ4v) is 4.84. The summed E-state index contributed by atoms with van der Waals surface area (Å²) < 4.78 is 26.3. The molecule has 0 atom stereocenters. The number of benzene rings is 1. The van der Waals surface area contributed by atoms with E-state index in [1.54, 1.807) is 0 Å². The van der Waals surface area contributed by atoms with Crippen LogP contribution in [0.2, 0.25) is 0 Å². The summed E-state index contributed by atoms with van der Waals surface area (Å²) in [6.45, 7) is 0.514. The predicted molar refractivity (Wildman–Crippen MR) is 88.0 cm³/mol. The lowest BCUT2D eigenvalue weighted by Gasteiger charge is -2.62. The van der Waals surface area contributed by atoms with Gasteiger partial charge in [-0.1, -0.05) is 12.1 Å². The first kappa shape index (κ1) is 16.4.